The summed E-state index contributed by atoms with van der Waals surface area (Å²) < 4.78 is 53.5. The van der Waals surface area contributed by atoms with Crippen LogP contribution in [0.1, 0.15) is 36.0 Å². The van der Waals surface area contributed by atoms with Crippen molar-refractivity contribution in [3.8, 4) is 0 Å². The summed E-state index contributed by atoms with van der Waals surface area (Å²) in [5.74, 6) is -4.74. The van der Waals surface area contributed by atoms with E-state index in [1.165, 1.54) is 0 Å². The molecule has 0 saturated heterocycles. The second kappa shape index (κ2) is 5.45. The van der Waals surface area contributed by atoms with Crippen molar-refractivity contribution in [2.24, 2.45) is 0 Å². The molecule has 2 N–H and O–H groups in total. The van der Waals surface area contributed by atoms with Gasteiger partial charge in [-0.25, -0.2) is 26.7 Å². The summed E-state index contributed by atoms with van der Waals surface area (Å²) >= 11 is 0. The number of benzene rings is 1. The molecule has 110 valence electrons. The quantitative estimate of drug-likeness (QED) is 0.889. The van der Waals surface area contributed by atoms with Crippen molar-refractivity contribution in [3.05, 3.63) is 29.3 Å². The van der Waals surface area contributed by atoms with Gasteiger partial charge in [-0.3, -0.25) is 0 Å². The maximum atomic E-state index is 13.9. The van der Waals surface area contributed by atoms with E-state index in [0.29, 0.717) is 18.9 Å². The number of hydrogen-bond acceptors (Lipinski definition) is 3. The number of aromatic carboxylic acids is 1. The Balaban J connectivity index is 2.41. The Morgan fingerprint density at radius 3 is 2.40 bits per heavy atom. The number of hydrogen-bond donors (Lipinski definition) is 2. The molecule has 0 aliphatic heterocycles. The Morgan fingerprint density at radius 1 is 1.25 bits per heavy atom. The Morgan fingerprint density at radius 2 is 1.85 bits per heavy atom. The lowest BCUT2D eigenvalue weighted by Gasteiger charge is -2.13. The third-order valence-electron chi connectivity index (χ3n) is 3.24. The highest BCUT2D eigenvalue weighted by Crippen LogP contribution is 2.24. The smallest absolute Gasteiger partial charge is 0.341 e. The van der Waals surface area contributed by atoms with E-state index in [9.17, 15) is 22.0 Å². The lowest BCUT2D eigenvalue weighted by molar-refractivity contribution is 0.0685. The maximum absolute atomic E-state index is 13.9. The molecule has 8 heteroatoms. The molecule has 0 spiro atoms. The molecular formula is C12H13F2NO4S. The van der Waals surface area contributed by atoms with E-state index in [1.54, 1.807) is 0 Å². The average molecular weight is 305 g/mol. The van der Waals surface area contributed by atoms with Gasteiger partial charge < -0.3 is 5.11 Å². The van der Waals surface area contributed by atoms with Crippen LogP contribution in [-0.2, 0) is 10.0 Å². The van der Waals surface area contributed by atoms with E-state index < -0.39 is 38.1 Å². The molecule has 1 saturated carbocycles. The minimum atomic E-state index is -4.20. The first-order chi connectivity index (χ1) is 9.33. The molecule has 1 aromatic carbocycles. The van der Waals surface area contributed by atoms with Crippen LogP contribution in [0.3, 0.4) is 0 Å². The summed E-state index contributed by atoms with van der Waals surface area (Å²) in [4.78, 5) is 9.93. The second-order valence-corrected chi connectivity index (χ2v) is 6.32. The molecule has 1 aliphatic carbocycles. The van der Waals surface area contributed by atoms with Gasteiger partial charge in [0, 0.05) is 6.04 Å². The van der Waals surface area contributed by atoms with E-state index >= 15 is 0 Å². The molecule has 0 radical (unpaired) electrons. The zero-order valence-electron chi connectivity index (χ0n) is 10.4. The van der Waals surface area contributed by atoms with Crippen LogP contribution in [0.2, 0.25) is 0 Å². The van der Waals surface area contributed by atoms with Crippen LogP contribution in [0.25, 0.3) is 0 Å². The van der Waals surface area contributed by atoms with Crippen LogP contribution in [0, 0.1) is 11.6 Å². The molecule has 1 aromatic rings. The molecule has 0 unspecified atom stereocenters. The van der Waals surface area contributed by atoms with Crippen LogP contribution in [-0.4, -0.2) is 25.5 Å². The molecule has 0 atom stereocenters. The molecule has 0 amide bonds. The number of carboxylic acid groups (broad SMARTS) is 1. The topological polar surface area (TPSA) is 83.5 Å². The third kappa shape index (κ3) is 2.80. The highest BCUT2D eigenvalue weighted by molar-refractivity contribution is 7.89. The molecule has 0 aromatic heterocycles. The predicted molar refractivity (Wildman–Crippen MR) is 65.9 cm³/mol. The van der Waals surface area contributed by atoms with Gasteiger partial charge in [0.1, 0.15) is 16.3 Å². The van der Waals surface area contributed by atoms with Crippen LogP contribution in [0.5, 0.6) is 0 Å². The highest BCUT2D eigenvalue weighted by atomic mass is 32.2. The normalized spacial score (nSPS) is 16.5. The van der Waals surface area contributed by atoms with E-state index in [4.69, 9.17) is 5.11 Å². The van der Waals surface area contributed by atoms with Gasteiger partial charge in [-0.2, -0.15) is 0 Å². The molecule has 1 aliphatic rings. The number of nitrogens with one attached hydrogen (secondary N) is 1. The Bertz CT molecular complexity index is 639. The molecule has 2 rings (SSSR count). The minimum absolute atomic E-state index is 0.294. The van der Waals surface area contributed by atoms with Gasteiger partial charge in [-0.1, -0.05) is 12.8 Å². The van der Waals surface area contributed by atoms with Crippen LogP contribution in [0.15, 0.2) is 17.0 Å². The van der Waals surface area contributed by atoms with Crippen molar-refractivity contribution in [1.29, 1.82) is 0 Å². The van der Waals surface area contributed by atoms with Crippen molar-refractivity contribution in [2.75, 3.05) is 0 Å². The summed E-state index contributed by atoms with van der Waals surface area (Å²) in [6, 6.07) is 1.07. The molecular weight excluding hydrogens is 292 g/mol. The Kier molecular flexibility index (Phi) is 4.05. The van der Waals surface area contributed by atoms with Gasteiger partial charge in [-0.15, -0.1) is 0 Å². The molecule has 20 heavy (non-hydrogen) atoms. The SMILES string of the molecule is O=C(O)c1c(F)ccc(S(=O)(=O)NC2CCCC2)c1F. The van der Waals surface area contributed by atoms with E-state index in [1.807, 2.05) is 0 Å². The van der Waals surface area contributed by atoms with Crippen LogP contribution in [0.4, 0.5) is 8.78 Å². The summed E-state index contributed by atoms with van der Waals surface area (Å²) in [6.07, 6.45) is 3.04. The van der Waals surface area contributed by atoms with Crippen molar-refractivity contribution in [1.82, 2.24) is 4.72 Å². The summed E-state index contributed by atoms with van der Waals surface area (Å²) in [5, 5.41) is 8.73. The number of halogens is 2. The lowest BCUT2D eigenvalue weighted by Crippen LogP contribution is -2.33. The second-order valence-electron chi connectivity index (χ2n) is 4.64. The third-order valence-corrected chi connectivity index (χ3v) is 4.77. The van der Waals surface area contributed by atoms with Gasteiger partial charge in [0.15, 0.2) is 5.82 Å². The van der Waals surface area contributed by atoms with Gasteiger partial charge in [0.05, 0.1) is 0 Å². The lowest BCUT2D eigenvalue weighted by atomic mass is 10.2. The highest BCUT2D eigenvalue weighted by Gasteiger charge is 2.29. The van der Waals surface area contributed by atoms with Crippen molar-refractivity contribution >= 4 is 16.0 Å². The summed E-state index contributed by atoms with van der Waals surface area (Å²) in [5.41, 5.74) is -1.26. The van der Waals surface area contributed by atoms with Gasteiger partial charge in [0.2, 0.25) is 10.0 Å². The number of rotatable bonds is 4. The average Bonchev–Trinajstić information content (AvgIpc) is 2.79. The van der Waals surface area contributed by atoms with E-state index in [-0.39, 0.29) is 6.04 Å². The van der Waals surface area contributed by atoms with Crippen molar-refractivity contribution in [3.63, 3.8) is 0 Å². The first-order valence-electron chi connectivity index (χ1n) is 6.06. The zero-order valence-corrected chi connectivity index (χ0v) is 11.2. The first-order valence-corrected chi connectivity index (χ1v) is 7.55. The summed E-state index contributed by atoms with van der Waals surface area (Å²) in [7, 11) is -4.20. The summed E-state index contributed by atoms with van der Waals surface area (Å²) in [6.45, 7) is 0. The Labute approximate surface area is 114 Å². The van der Waals surface area contributed by atoms with E-state index in [0.717, 1.165) is 18.9 Å². The van der Waals surface area contributed by atoms with E-state index in [2.05, 4.69) is 4.72 Å². The van der Waals surface area contributed by atoms with Crippen LogP contribution < -0.4 is 4.72 Å². The van der Waals surface area contributed by atoms with Crippen molar-refractivity contribution < 1.29 is 27.1 Å². The standard InChI is InChI=1S/C12H13F2NO4S/c13-8-5-6-9(11(14)10(8)12(16)17)20(18,19)15-7-3-1-2-4-7/h5-7,15H,1-4H2,(H,16,17). The molecule has 5 nitrogen and oxygen atoms in total. The minimum Gasteiger partial charge on any atom is -0.477 e. The monoisotopic (exact) mass is 305 g/mol. The first kappa shape index (κ1) is 14.9. The number of sulfonamides is 1. The Hall–Kier alpha value is -1.54. The van der Waals surface area contributed by atoms with Gasteiger partial charge in [-0.05, 0) is 25.0 Å². The largest absolute Gasteiger partial charge is 0.477 e. The number of carboxylic acids is 1. The predicted octanol–water partition coefficient (Wildman–Crippen LogP) is 1.88. The molecule has 0 bridgehead atoms. The molecule has 1 fully saturated rings. The fourth-order valence-corrected chi connectivity index (χ4v) is 3.65. The van der Waals surface area contributed by atoms with Crippen LogP contribution >= 0.6 is 0 Å². The van der Waals surface area contributed by atoms with Gasteiger partial charge >= 0.3 is 5.97 Å². The fraction of sp³-hybridized carbons (Fsp3) is 0.417. The molecule has 0 heterocycles. The fourth-order valence-electron chi connectivity index (χ4n) is 2.26. The van der Waals surface area contributed by atoms with Gasteiger partial charge in [0.25, 0.3) is 0 Å². The zero-order chi connectivity index (χ0) is 14.9. The van der Waals surface area contributed by atoms with Crippen molar-refractivity contribution in [2.45, 2.75) is 36.6 Å². The maximum Gasteiger partial charge on any atom is 0.341 e. The number of carbonyl (C=O) groups is 1.